The van der Waals surface area contributed by atoms with Gasteiger partial charge in [-0.05, 0) is 54.1 Å². The highest BCUT2D eigenvalue weighted by atomic mass is 32.1. The van der Waals surface area contributed by atoms with Gasteiger partial charge in [0, 0.05) is 5.69 Å². The molecule has 1 aromatic carbocycles. The molecule has 0 aliphatic carbocycles. The summed E-state index contributed by atoms with van der Waals surface area (Å²) in [4.78, 5) is 18.3. The molecule has 8 heteroatoms. The van der Waals surface area contributed by atoms with Crippen LogP contribution in [0.2, 0.25) is 0 Å². The van der Waals surface area contributed by atoms with Gasteiger partial charge in [-0.2, -0.15) is 4.98 Å². The number of hydrogen-bond donors (Lipinski definition) is 1. The first-order valence-electron chi connectivity index (χ1n) is 8.33. The number of benzene rings is 1. The van der Waals surface area contributed by atoms with Gasteiger partial charge in [0.1, 0.15) is 0 Å². The molecule has 3 aromatic heterocycles. The predicted molar refractivity (Wildman–Crippen MR) is 108 cm³/mol. The van der Waals surface area contributed by atoms with E-state index in [0.29, 0.717) is 17.5 Å². The number of rotatable bonds is 6. The number of carbonyl (C=O) groups is 1. The van der Waals surface area contributed by atoms with Crippen molar-refractivity contribution in [1.82, 2.24) is 14.8 Å². The second-order valence-corrected chi connectivity index (χ2v) is 7.41. The predicted octanol–water partition coefficient (Wildman–Crippen LogP) is 4.71. The molecule has 27 heavy (non-hydrogen) atoms. The van der Waals surface area contributed by atoms with Crippen molar-refractivity contribution >= 4 is 34.3 Å². The molecule has 0 spiro atoms. The first-order chi connectivity index (χ1) is 13.2. The standard InChI is InChI=1S/C19H16N4O2S2/c1-2-25-19-21-17(15-5-3-11-26-15)23(22-19)14-9-7-13(8-10-14)20-18(24)16-6-4-12-27-16/h3-12H,2H2,1H3,(H,20,24). The molecule has 0 bridgehead atoms. The number of carbonyl (C=O) groups excluding carboxylic acids is 1. The lowest BCUT2D eigenvalue weighted by Gasteiger charge is -2.07. The molecule has 3 heterocycles. The van der Waals surface area contributed by atoms with Crippen LogP contribution in [0, 0.1) is 0 Å². The third-order valence-electron chi connectivity index (χ3n) is 3.72. The maximum atomic E-state index is 12.2. The normalized spacial score (nSPS) is 10.7. The largest absolute Gasteiger partial charge is 0.463 e. The van der Waals surface area contributed by atoms with E-state index in [-0.39, 0.29) is 5.91 Å². The van der Waals surface area contributed by atoms with Crippen LogP contribution in [-0.2, 0) is 0 Å². The molecule has 136 valence electrons. The topological polar surface area (TPSA) is 69.0 Å². The van der Waals surface area contributed by atoms with Gasteiger partial charge in [0.15, 0.2) is 5.82 Å². The van der Waals surface area contributed by atoms with E-state index >= 15 is 0 Å². The number of thiophene rings is 2. The van der Waals surface area contributed by atoms with Gasteiger partial charge in [0.2, 0.25) is 0 Å². The zero-order valence-electron chi connectivity index (χ0n) is 14.5. The lowest BCUT2D eigenvalue weighted by Crippen LogP contribution is -2.10. The lowest BCUT2D eigenvalue weighted by molar-refractivity contribution is 0.103. The molecule has 0 aliphatic rings. The van der Waals surface area contributed by atoms with Crippen LogP contribution in [0.5, 0.6) is 6.01 Å². The first-order valence-corrected chi connectivity index (χ1v) is 10.1. The quantitative estimate of drug-likeness (QED) is 0.512. The second-order valence-electron chi connectivity index (χ2n) is 5.52. The van der Waals surface area contributed by atoms with E-state index in [1.165, 1.54) is 11.3 Å². The lowest BCUT2D eigenvalue weighted by atomic mass is 10.2. The van der Waals surface area contributed by atoms with Crippen molar-refractivity contribution in [3.05, 3.63) is 64.2 Å². The highest BCUT2D eigenvalue weighted by Gasteiger charge is 2.15. The minimum Gasteiger partial charge on any atom is -0.463 e. The number of nitrogens with zero attached hydrogens (tertiary/aromatic N) is 3. The van der Waals surface area contributed by atoms with Crippen molar-refractivity contribution in [3.63, 3.8) is 0 Å². The molecule has 1 amide bonds. The van der Waals surface area contributed by atoms with Crippen molar-refractivity contribution < 1.29 is 9.53 Å². The summed E-state index contributed by atoms with van der Waals surface area (Å²) in [5.41, 5.74) is 1.56. The monoisotopic (exact) mass is 396 g/mol. The molecular weight excluding hydrogens is 380 g/mol. The highest BCUT2D eigenvalue weighted by Crippen LogP contribution is 2.27. The van der Waals surface area contributed by atoms with Gasteiger partial charge in [-0.1, -0.05) is 12.1 Å². The maximum absolute atomic E-state index is 12.2. The summed E-state index contributed by atoms with van der Waals surface area (Å²) in [5, 5.41) is 11.2. The molecule has 0 saturated carbocycles. The van der Waals surface area contributed by atoms with Gasteiger partial charge in [0.25, 0.3) is 5.91 Å². The zero-order chi connectivity index (χ0) is 18.6. The Labute approximate surface area is 164 Å². The molecule has 0 radical (unpaired) electrons. The molecule has 0 saturated heterocycles. The summed E-state index contributed by atoms with van der Waals surface area (Å²) in [6, 6.07) is 15.5. The van der Waals surface area contributed by atoms with Crippen molar-refractivity contribution in [2.75, 3.05) is 11.9 Å². The SMILES string of the molecule is CCOc1nc(-c2cccs2)n(-c2ccc(NC(=O)c3cccs3)cc2)n1. The molecule has 0 atom stereocenters. The van der Waals surface area contributed by atoms with Gasteiger partial charge >= 0.3 is 6.01 Å². The van der Waals surface area contributed by atoms with E-state index in [0.717, 1.165) is 22.1 Å². The van der Waals surface area contributed by atoms with Gasteiger partial charge in [-0.3, -0.25) is 4.79 Å². The van der Waals surface area contributed by atoms with Crippen molar-refractivity contribution in [1.29, 1.82) is 0 Å². The van der Waals surface area contributed by atoms with Crippen molar-refractivity contribution in [2.24, 2.45) is 0 Å². The number of ether oxygens (including phenoxy) is 1. The Morgan fingerprint density at radius 2 is 1.89 bits per heavy atom. The number of aromatic nitrogens is 3. The summed E-state index contributed by atoms with van der Waals surface area (Å²) in [5.74, 6) is 0.611. The fourth-order valence-corrected chi connectivity index (χ4v) is 3.83. The summed E-state index contributed by atoms with van der Waals surface area (Å²) in [6.45, 7) is 2.40. The van der Waals surface area contributed by atoms with E-state index in [2.05, 4.69) is 15.4 Å². The van der Waals surface area contributed by atoms with Crippen LogP contribution in [0.25, 0.3) is 16.4 Å². The van der Waals surface area contributed by atoms with Crippen molar-refractivity contribution in [2.45, 2.75) is 6.92 Å². The smallest absolute Gasteiger partial charge is 0.336 e. The van der Waals surface area contributed by atoms with Crippen LogP contribution in [-0.4, -0.2) is 27.3 Å². The Balaban J connectivity index is 1.61. The molecule has 4 rings (SSSR count). The van der Waals surface area contributed by atoms with Crippen LogP contribution < -0.4 is 10.1 Å². The van der Waals surface area contributed by atoms with E-state index in [1.54, 1.807) is 22.1 Å². The van der Waals surface area contributed by atoms with Crippen LogP contribution >= 0.6 is 22.7 Å². The Bertz CT molecular complexity index is 1020. The van der Waals surface area contributed by atoms with Gasteiger partial charge in [-0.25, -0.2) is 4.68 Å². The first kappa shape index (κ1) is 17.4. The zero-order valence-corrected chi connectivity index (χ0v) is 16.1. The fourth-order valence-electron chi connectivity index (χ4n) is 2.52. The summed E-state index contributed by atoms with van der Waals surface area (Å²) < 4.78 is 7.22. The van der Waals surface area contributed by atoms with Gasteiger partial charge in [0.05, 0.1) is 22.0 Å². The molecule has 0 aliphatic heterocycles. The molecule has 1 N–H and O–H groups in total. The van der Waals surface area contributed by atoms with Crippen LogP contribution in [0.15, 0.2) is 59.3 Å². The fraction of sp³-hybridized carbons (Fsp3) is 0.105. The van der Waals surface area contributed by atoms with E-state index < -0.39 is 0 Å². The average molecular weight is 396 g/mol. The second kappa shape index (κ2) is 7.73. The number of hydrogen-bond acceptors (Lipinski definition) is 6. The Hall–Kier alpha value is -2.97. The van der Waals surface area contributed by atoms with Crippen molar-refractivity contribution in [3.8, 4) is 22.4 Å². The van der Waals surface area contributed by atoms with E-state index in [9.17, 15) is 4.79 Å². The number of nitrogens with one attached hydrogen (secondary N) is 1. The van der Waals surface area contributed by atoms with E-state index in [4.69, 9.17) is 4.74 Å². The van der Waals surface area contributed by atoms with Gasteiger partial charge in [-0.15, -0.1) is 27.8 Å². The van der Waals surface area contributed by atoms with E-state index in [1.807, 2.05) is 60.1 Å². The third kappa shape index (κ3) is 3.76. The minimum absolute atomic E-state index is 0.114. The molecule has 6 nitrogen and oxygen atoms in total. The van der Waals surface area contributed by atoms with Gasteiger partial charge < -0.3 is 10.1 Å². The molecule has 4 aromatic rings. The summed E-state index contributed by atoms with van der Waals surface area (Å²) in [6.07, 6.45) is 0. The average Bonchev–Trinajstić information content (AvgIpc) is 3.43. The van der Waals surface area contributed by atoms with Crippen LogP contribution in [0.4, 0.5) is 5.69 Å². The maximum Gasteiger partial charge on any atom is 0.336 e. The molecular formula is C19H16N4O2S2. The molecule has 0 fully saturated rings. The summed E-state index contributed by atoms with van der Waals surface area (Å²) in [7, 11) is 0. The Morgan fingerprint density at radius 1 is 1.11 bits per heavy atom. The number of amides is 1. The van der Waals surface area contributed by atoms with Crippen LogP contribution in [0.3, 0.4) is 0 Å². The third-order valence-corrected chi connectivity index (χ3v) is 5.45. The highest BCUT2D eigenvalue weighted by molar-refractivity contribution is 7.13. The Morgan fingerprint density at radius 3 is 2.56 bits per heavy atom. The number of anilines is 1. The van der Waals surface area contributed by atoms with Crippen LogP contribution in [0.1, 0.15) is 16.6 Å². The summed E-state index contributed by atoms with van der Waals surface area (Å²) >= 11 is 3.00. The minimum atomic E-state index is -0.114. The Kier molecular flexibility index (Phi) is 4.99. The molecule has 0 unspecified atom stereocenters.